The number of aliphatic hydroxyl groups is 13. The van der Waals surface area contributed by atoms with Gasteiger partial charge in [-0.3, -0.25) is 4.55 Å². The van der Waals surface area contributed by atoms with Gasteiger partial charge in [-0.2, -0.15) is 8.42 Å². The first kappa shape index (κ1) is 51.7. The molecule has 0 aromatic rings. The van der Waals surface area contributed by atoms with Gasteiger partial charge in [0.2, 0.25) is 0 Å². The van der Waals surface area contributed by atoms with Crippen LogP contribution in [0.15, 0.2) is 0 Å². The van der Waals surface area contributed by atoms with E-state index >= 15 is 0 Å². The molecular weight excluding hydrogens is 960 g/mol. The molecule has 32 heteroatoms. The Morgan fingerprint density at radius 2 is 0.765 bits per heavy atom. The highest BCUT2D eigenvalue weighted by atomic mass is 32.3. The zero-order chi connectivity index (χ0) is 48.7. The topological polar surface area (TPSA) is 456 Å². The van der Waals surface area contributed by atoms with E-state index in [2.05, 4.69) is 0 Å². The molecule has 9 fully saturated rings. The van der Waals surface area contributed by atoms with E-state index in [1.807, 2.05) is 0 Å². The predicted octanol–water partition coefficient (Wildman–Crippen LogP) is -11.1. The summed E-state index contributed by atoms with van der Waals surface area (Å²) in [7, 11) is -5.40. The number of hydrogen-bond donors (Lipinski definition) is 14. The van der Waals surface area contributed by atoms with E-state index in [1.165, 1.54) is 0 Å². The Hall–Kier alpha value is -1.21. The SMILES string of the molecule is O=S(=O)(O)O[C@@H]1[C@H](O[C@@H]2O[C@H]3CO[C@@H]([C@@H]2O)[C@@H]3O[C@@H]2O[C@H](CO)[C@H](O)[C@H](O[C@@H]3O[C@H]4CO[C@@H]([C@@H]3O)[C@@H]4O)[C@H]2O)[C@@H](O)[C@H](O[C@H]2[C@H]3OC[C@@H]2O[C@@H](O[C@@H]2[C@@H](O)[C@H](O)O[C@H](CO)[C@@H]2O)[C@H]3O)O[C@@H]1CO. The monoisotopic (exact) mass is 1020 g/mol. The second kappa shape index (κ2) is 20.6. The fourth-order valence-electron chi connectivity index (χ4n) is 9.85. The molecule has 6 bridgehead atoms. The molecule has 9 heterocycles. The molecule has 0 aliphatic carbocycles. The van der Waals surface area contributed by atoms with Crippen molar-refractivity contribution in [3.63, 3.8) is 0 Å². The summed E-state index contributed by atoms with van der Waals surface area (Å²) in [5, 5.41) is 139. The number of hydrogen-bond acceptors (Lipinski definition) is 30. The highest BCUT2D eigenvalue weighted by Gasteiger charge is 2.61. The molecule has 0 spiro atoms. The van der Waals surface area contributed by atoms with Gasteiger partial charge >= 0.3 is 10.4 Å². The summed E-state index contributed by atoms with van der Waals surface area (Å²) >= 11 is 0. The first-order valence-corrected chi connectivity index (χ1v) is 23.0. The van der Waals surface area contributed by atoms with Gasteiger partial charge < -0.3 is 133 Å². The highest BCUT2D eigenvalue weighted by Crippen LogP contribution is 2.41. The maximum Gasteiger partial charge on any atom is 0.397 e. The maximum atomic E-state index is 12.1. The van der Waals surface area contributed by atoms with E-state index in [0.29, 0.717) is 0 Å². The summed E-state index contributed by atoms with van der Waals surface area (Å²) < 4.78 is 118. The number of aliphatic hydroxyl groups excluding tert-OH is 13. The fraction of sp³-hybridized carbons (Fsp3) is 1.00. The van der Waals surface area contributed by atoms with Gasteiger partial charge in [-0.15, -0.1) is 0 Å². The van der Waals surface area contributed by atoms with Crippen LogP contribution in [-0.2, 0) is 80.9 Å². The summed E-state index contributed by atoms with van der Waals surface area (Å²) in [5.74, 6) is 0. The van der Waals surface area contributed by atoms with Crippen molar-refractivity contribution in [1.29, 1.82) is 0 Å². The van der Waals surface area contributed by atoms with Crippen molar-refractivity contribution in [3.8, 4) is 0 Å². The molecule has 0 radical (unpaired) electrons. The molecule has 0 aromatic heterocycles. The Labute approximate surface area is 383 Å². The molecule has 392 valence electrons. The predicted molar refractivity (Wildman–Crippen MR) is 200 cm³/mol. The minimum atomic E-state index is -5.40. The van der Waals surface area contributed by atoms with Crippen LogP contribution >= 0.6 is 0 Å². The smallest absolute Gasteiger partial charge is 0.394 e. The Balaban J connectivity index is 0.873. The van der Waals surface area contributed by atoms with Crippen LogP contribution in [0.2, 0.25) is 0 Å². The maximum absolute atomic E-state index is 12.1. The quantitative estimate of drug-likeness (QED) is 0.0677. The average Bonchev–Trinajstić information content (AvgIpc) is 3.89. The zero-order valence-electron chi connectivity index (χ0n) is 35.2. The van der Waals surface area contributed by atoms with Gasteiger partial charge in [0.15, 0.2) is 37.7 Å². The number of ether oxygens (including phenoxy) is 14. The van der Waals surface area contributed by atoms with Gasteiger partial charge in [-0.05, 0) is 0 Å². The molecule has 9 aliphatic rings. The third kappa shape index (κ3) is 9.71. The van der Waals surface area contributed by atoms with E-state index < -0.39 is 214 Å². The van der Waals surface area contributed by atoms with Crippen molar-refractivity contribution < 1.29 is 150 Å². The second-order valence-electron chi connectivity index (χ2n) is 17.6. The Bertz CT molecular complexity index is 1810. The second-order valence-corrected chi connectivity index (χ2v) is 18.7. The van der Waals surface area contributed by atoms with Gasteiger partial charge in [-0.25, -0.2) is 4.18 Å². The van der Waals surface area contributed by atoms with Gasteiger partial charge in [0.1, 0.15) is 146 Å². The van der Waals surface area contributed by atoms with Crippen molar-refractivity contribution in [2.75, 3.05) is 39.6 Å². The van der Waals surface area contributed by atoms with Gasteiger partial charge in [0.25, 0.3) is 0 Å². The van der Waals surface area contributed by atoms with Crippen molar-refractivity contribution in [2.45, 2.75) is 184 Å². The zero-order valence-corrected chi connectivity index (χ0v) is 36.0. The Morgan fingerprint density at radius 3 is 1.28 bits per heavy atom. The van der Waals surface area contributed by atoms with Crippen LogP contribution in [-0.4, -0.2) is 303 Å². The Kier molecular flexibility index (Phi) is 15.7. The average molecular weight is 1020 g/mol. The summed E-state index contributed by atoms with van der Waals surface area (Å²) in [5.41, 5.74) is 0. The van der Waals surface area contributed by atoms with Crippen molar-refractivity contribution in [3.05, 3.63) is 0 Å². The minimum Gasteiger partial charge on any atom is -0.394 e. The lowest BCUT2D eigenvalue weighted by atomic mass is 9.96. The molecule has 0 unspecified atom stereocenters. The molecule has 31 nitrogen and oxygen atoms in total. The third-order valence-corrected chi connectivity index (χ3v) is 13.8. The van der Waals surface area contributed by atoms with Crippen LogP contribution < -0.4 is 0 Å². The highest BCUT2D eigenvalue weighted by molar-refractivity contribution is 7.80. The molecule has 9 saturated heterocycles. The molecule has 14 N–H and O–H groups in total. The van der Waals surface area contributed by atoms with E-state index in [0.717, 1.165) is 0 Å². The lowest BCUT2D eigenvalue weighted by Crippen LogP contribution is -2.67. The van der Waals surface area contributed by atoms with Gasteiger partial charge in [0.05, 0.1) is 39.6 Å². The van der Waals surface area contributed by atoms with E-state index in [9.17, 15) is 79.4 Å². The van der Waals surface area contributed by atoms with Crippen LogP contribution in [0.1, 0.15) is 0 Å². The minimum absolute atomic E-state index is 0.0724. The van der Waals surface area contributed by atoms with Crippen LogP contribution in [0.5, 0.6) is 0 Å². The van der Waals surface area contributed by atoms with Crippen molar-refractivity contribution >= 4 is 10.4 Å². The molecule has 68 heavy (non-hydrogen) atoms. The molecule has 30 atom stereocenters. The van der Waals surface area contributed by atoms with Crippen LogP contribution in [0.25, 0.3) is 0 Å². The summed E-state index contributed by atoms with van der Waals surface area (Å²) in [6, 6.07) is 0. The van der Waals surface area contributed by atoms with Crippen LogP contribution in [0.3, 0.4) is 0 Å². The summed E-state index contributed by atoms with van der Waals surface area (Å²) in [6.07, 6.45) is -48.1. The van der Waals surface area contributed by atoms with Gasteiger partial charge in [-0.1, -0.05) is 0 Å². The van der Waals surface area contributed by atoms with Crippen molar-refractivity contribution in [2.24, 2.45) is 0 Å². The largest absolute Gasteiger partial charge is 0.397 e. The molecule has 0 amide bonds. The molecular formula is C36H56O31S. The third-order valence-electron chi connectivity index (χ3n) is 13.4. The molecule has 0 aromatic carbocycles. The lowest BCUT2D eigenvalue weighted by molar-refractivity contribution is -0.379. The first-order chi connectivity index (χ1) is 32.3. The fourth-order valence-corrected chi connectivity index (χ4v) is 10.4. The summed E-state index contributed by atoms with van der Waals surface area (Å²) in [4.78, 5) is 0. The molecule has 0 saturated carbocycles. The first-order valence-electron chi connectivity index (χ1n) is 21.7. The lowest BCUT2D eigenvalue weighted by Gasteiger charge is -2.48. The standard InChI is InChI=1S/C36H56O31S/c37-1-7-13(40)26(16(43)31(49)56-7)64-34-19(46)28-23(11(60-34)5-54-28)63-36-21(48)30(24(9(3-39)58-36)67-68(50,51)52)66-35-20(47)29-22(12(61-35)6-55-29)62-33-18(45)27(14(41)8(2-38)57-33)65-32-17(44)25-15(42)10(59-32)4-53-25/h7-49H,1-6H2,(H,50,51,52)/t7-,8-,9-,10+,11+,12+,13+,14+,15-,16-,17+,18-,19+,20+,21-,22-,23-,24+,25-,26+,27+,28+,29+,30-,31-,32+,33+,34+,35+,36+/m1/s1. The molecule has 9 rings (SSSR count). The summed E-state index contributed by atoms with van der Waals surface area (Å²) in [6.45, 7) is -3.32. The van der Waals surface area contributed by atoms with Crippen LogP contribution in [0.4, 0.5) is 0 Å². The number of fused-ring (bicyclic) bond motifs is 6. The normalized spacial score (nSPS) is 54.9. The number of rotatable bonds is 15. The van der Waals surface area contributed by atoms with Gasteiger partial charge in [0, 0.05) is 0 Å². The van der Waals surface area contributed by atoms with E-state index in [1.54, 1.807) is 0 Å². The van der Waals surface area contributed by atoms with E-state index in [-0.39, 0.29) is 19.8 Å². The van der Waals surface area contributed by atoms with E-state index in [4.69, 9.17) is 70.5 Å². The van der Waals surface area contributed by atoms with Crippen LogP contribution in [0, 0.1) is 0 Å². The van der Waals surface area contributed by atoms with Crippen molar-refractivity contribution in [1.82, 2.24) is 0 Å². The molecule has 9 aliphatic heterocycles. The Morgan fingerprint density at radius 1 is 0.382 bits per heavy atom.